The van der Waals surface area contributed by atoms with Crippen LogP contribution < -0.4 is 4.74 Å². The van der Waals surface area contributed by atoms with Crippen molar-refractivity contribution in [2.45, 2.75) is 69.6 Å². The standard InChI is InChI=1S/C18H23NO2/c20-18(17-12-13-6-4-5-9-16(13)21-17)19(15-10-11-15)14-7-2-1-3-8-14/h4-6,9,14-15,17H,1-3,7-8,10-12H2/t17-/m1/s1. The predicted molar refractivity (Wildman–Crippen MR) is 81.3 cm³/mol. The fraction of sp³-hybridized carbons (Fsp3) is 0.611. The summed E-state index contributed by atoms with van der Waals surface area (Å²) in [5.41, 5.74) is 1.18. The van der Waals surface area contributed by atoms with Crippen LogP contribution in [0.1, 0.15) is 50.5 Å². The molecule has 2 aliphatic carbocycles. The molecule has 1 amide bonds. The minimum Gasteiger partial charge on any atom is -0.480 e. The Labute approximate surface area is 126 Å². The van der Waals surface area contributed by atoms with Gasteiger partial charge < -0.3 is 9.64 Å². The molecule has 112 valence electrons. The van der Waals surface area contributed by atoms with Crippen molar-refractivity contribution in [2.75, 3.05) is 0 Å². The zero-order chi connectivity index (χ0) is 14.2. The van der Waals surface area contributed by atoms with Crippen LogP contribution in [0.4, 0.5) is 0 Å². The van der Waals surface area contributed by atoms with E-state index in [1.807, 2.05) is 18.2 Å². The molecule has 0 unspecified atom stereocenters. The summed E-state index contributed by atoms with van der Waals surface area (Å²) in [5, 5.41) is 0. The van der Waals surface area contributed by atoms with Crippen molar-refractivity contribution in [1.82, 2.24) is 4.90 Å². The molecule has 0 radical (unpaired) electrons. The van der Waals surface area contributed by atoms with Crippen LogP contribution in [0.5, 0.6) is 5.75 Å². The summed E-state index contributed by atoms with van der Waals surface area (Å²) >= 11 is 0. The Morgan fingerprint density at radius 3 is 2.43 bits per heavy atom. The third-order valence-electron chi connectivity index (χ3n) is 5.09. The van der Waals surface area contributed by atoms with Gasteiger partial charge in [0.15, 0.2) is 6.10 Å². The summed E-state index contributed by atoms with van der Waals surface area (Å²) in [5.74, 6) is 1.14. The summed E-state index contributed by atoms with van der Waals surface area (Å²) in [6.45, 7) is 0. The van der Waals surface area contributed by atoms with Gasteiger partial charge in [0.1, 0.15) is 5.75 Å². The van der Waals surface area contributed by atoms with Gasteiger partial charge in [0, 0.05) is 18.5 Å². The van der Waals surface area contributed by atoms with E-state index < -0.39 is 0 Å². The normalized spacial score (nSPS) is 25.2. The highest BCUT2D eigenvalue weighted by Gasteiger charge is 2.42. The van der Waals surface area contributed by atoms with Gasteiger partial charge in [0.25, 0.3) is 5.91 Å². The second-order valence-corrected chi connectivity index (χ2v) is 6.69. The van der Waals surface area contributed by atoms with Crippen LogP contribution in [0.3, 0.4) is 0 Å². The lowest BCUT2D eigenvalue weighted by molar-refractivity contribution is -0.141. The minimum absolute atomic E-state index is 0.237. The van der Waals surface area contributed by atoms with E-state index in [2.05, 4.69) is 11.0 Å². The Kier molecular flexibility index (Phi) is 3.36. The zero-order valence-electron chi connectivity index (χ0n) is 12.5. The average molecular weight is 285 g/mol. The monoisotopic (exact) mass is 285 g/mol. The predicted octanol–water partition coefficient (Wildman–Crippen LogP) is 3.31. The molecule has 0 saturated heterocycles. The van der Waals surface area contributed by atoms with Crippen molar-refractivity contribution in [1.29, 1.82) is 0 Å². The van der Waals surface area contributed by atoms with Crippen molar-refractivity contribution in [3.8, 4) is 5.75 Å². The highest BCUT2D eigenvalue weighted by Crippen LogP contribution is 2.36. The number of carbonyl (C=O) groups excluding carboxylic acids is 1. The highest BCUT2D eigenvalue weighted by molar-refractivity contribution is 5.83. The molecule has 2 saturated carbocycles. The smallest absolute Gasteiger partial charge is 0.264 e. The molecule has 1 atom stereocenters. The largest absolute Gasteiger partial charge is 0.480 e. The van der Waals surface area contributed by atoms with Gasteiger partial charge in [-0.15, -0.1) is 0 Å². The summed E-state index contributed by atoms with van der Waals surface area (Å²) < 4.78 is 5.93. The van der Waals surface area contributed by atoms with E-state index in [1.54, 1.807) is 0 Å². The molecular weight excluding hydrogens is 262 g/mol. The Morgan fingerprint density at radius 2 is 1.71 bits per heavy atom. The first-order valence-electron chi connectivity index (χ1n) is 8.39. The molecule has 2 fully saturated rings. The van der Waals surface area contributed by atoms with Crippen molar-refractivity contribution in [2.24, 2.45) is 0 Å². The van der Waals surface area contributed by atoms with Crippen molar-refractivity contribution in [3.05, 3.63) is 29.8 Å². The molecule has 3 aliphatic rings. The molecule has 1 aromatic carbocycles. The molecule has 1 aromatic rings. The average Bonchev–Trinajstić information content (AvgIpc) is 3.25. The summed E-state index contributed by atoms with van der Waals surface area (Å²) in [7, 11) is 0. The van der Waals surface area contributed by atoms with Crippen molar-refractivity contribution in [3.63, 3.8) is 0 Å². The number of carbonyl (C=O) groups is 1. The molecule has 0 aromatic heterocycles. The Bertz CT molecular complexity index is 507. The van der Waals surface area contributed by atoms with Gasteiger partial charge in [0.2, 0.25) is 0 Å². The van der Waals surface area contributed by atoms with E-state index in [0.29, 0.717) is 12.1 Å². The number of fused-ring (bicyclic) bond motifs is 1. The van der Waals surface area contributed by atoms with E-state index in [-0.39, 0.29) is 12.0 Å². The first-order valence-corrected chi connectivity index (χ1v) is 8.39. The van der Waals surface area contributed by atoms with Gasteiger partial charge in [-0.2, -0.15) is 0 Å². The molecule has 0 spiro atoms. The second-order valence-electron chi connectivity index (χ2n) is 6.69. The van der Waals surface area contributed by atoms with Crippen LogP contribution in [0, 0.1) is 0 Å². The number of para-hydroxylation sites is 1. The fourth-order valence-electron chi connectivity index (χ4n) is 3.86. The van der Waals surface area contributed by atoms with E-state index in [1.165, 1.54) is 50.5 Å². The van der Waals surface area contributed by atoms with Crippen LogP contribution >= 0.6 is 0 Å². The van der Waals surface area contributed by atoms with E-state index in [4.69, 9.17) is 4.74 Å². The summed E-state index contributed by atoms with van der Waals surface area (Å²) in [4.78, 5) is 15.2. The molecular formula is C18H23NO2. The third kappa shape index (κ3) is 2.54. The zero-order valence-corrected chi connectivity index (χ0v) is 12.5. The Balaban J connectivity index is 1.50. The maximum Gasteiger partial charge on any atom is 0.264 e. The molecule has 3 heteroatoms. The van der Waals surface area contributed by atoms with Crippen LogP contribution in [-0.4, -0.2) is 29.0 Å². The van der Waals surface area contributed by atoms with Crippen molar-refractivity contribution < 1.29 is 9.53 Å². The van der Waals surface area contributed by atoms with Gasteiger partial charge >= 0.3 is 0 Å². The lowest BCUT2D eigenvalue weighted by atomic mass is 9.93. The van der Waals surface area contributed by atoms with Crippen LogP contribution in [-0.2, 0) is 11.2 Å². The first-order chi connectivity index (χ1) is 10.3. The van der Waals surface area contributed by atoms with E-state index in [0.717, 1.165) is 12.2 Å². The van der Waals surface area contributed by atoms with Gasteiger partial charge in [0.05, 0.1) is 0 Å². The van der Waals surface area contributed by atoms with Crippen LogP contribution in [0.15, 0.2) is 24.3 Å². The number of benzene rings is 1. The molecule has 1 aliphatic heterocycles. The molecule has 0 bridgehead atoms. The molecule has 0 N–H and O–H groups in total. The lowest BCUT2D eigenvalue weighted by Crippen LogP contribution is -2.49. The van der Waals surface area contributed by atoms with Gasteiger partial charge in [-0.25, -0.2) is 0 Å². The Morgan fingerprint density at radius 1 is 1.00 bits per heavy atom. The fourth-order valence-corrected chi connectivity index (χ4v) is 3.86. The first kappa shape index (κ1) is 13.2. The summed E-state index contributed by atoms with van der Waals surface area (Å²) in [6.07, 6.45) is 9.05. The number of hydrogen-bond donors (Lipinski definition) is 0. The lowest BCUT2D eigenvalue weighted by Gasteiger charge is -2.36. The molecule has 1 heterocycles. The number of hydrogen-bond acceptors (Lipinski definition) is 2. The SMILES string of the molecule is O=C([C@H]1Cc2ccccc2O1)N(C1CCCCC1)C1CC1. The second kappa shape index (κ2) is 5.36. The number of amides is 1. The minimum atomic E-state index is -0.287. The highest BCUT2D eigenvalue weighted by atomic mass is 16.5. The number of rotatable bonds is 3. The van der Waals surface area contributed by atoms with Crippen molar-refractivity contribution >= 4 is 5.91 Å². The molecule has 3 nitrogen and oxygen atoms in total. The topological polar surface area (TPSA) is 29.5 Å². The van der Waals surface area contributed by atoms with E-state index >= 15 is 0 Å². The number of ether oxygens (including phenoxy) is 1. The summed E-state index contributed by atoms with van der Waals surface area (Å²) in [6, 6.07) is 9.01. The van der Waals surface area contributed by atoms with Gasteiger partial charge in [-0.1, -0.05) is 37.5 Å². The molecule has 21 heavy (non-hydrogen) atoms. The molecule has 4 rings (SSSR count). The van der Waals surface area contributed by atoms with Crippen LogP contribution in [0.2, 0.25) is 0 Å². The maximum absolute atomic E-state index is 13.0. The Hall–Kier alpha value is -1.51. The van der Waals surface area contributed by atoms with Crippen LogP contribution in [0.25, 0.3) is 0 Å². The van der Waals surface area contributed by atoms with Gasteiger partial charge in [-0.05, 0) is 37.3 Å². The van der Waals surface area contributed by atoms with Gasteiger partial charge in [-0.3, -0.25) is 4.79 Å². The van der Waals surface area contributed by atoms with E-state index in [9.17, 15) is 4.79 Å². The number of nitrogens with zero attached hydrogens (tertiary/aromatic N) is 1. The third-order valence-corrected chi connectivity index (χ3v) is 5.09. The maximum atomic E-state index is 13.0. The quantitative estimate of drug-likeness (QED) is 0.852.